The van der Waals surface area contributed by atoms with Gasteiger partial charge < -0.3 is 19.0 Å². The molecule has 0 aliphatic heterocycles. The minimum absolute atomic E-state index is 0.0353. The summed E-state index contributed by atoms with van der Waals surface area (Å²) < 4.78 is 15.2. The summed E-state index contributed by atoms with van der Waals surface area (Å²) in [6.07, 6.45) is 4.83. The molecule has 0 N–H and O–H groups in total. The van der Waals surface area contributed by atoms with Crippen molar-refractivity contribution in [3.8, 4) is 0 Å². The van der Waals surface area contributed by atoms with Crippen molar-refractivity contribution in [2.24, 2.45) is 0 Å². The van der Waals surface area contributed by atoms with Crippen LogP contribution >= 0.6 is 0 Å². The van der Waals surface area contributed by atoms with Gasteiger partial charge in [-0.1, -0.05) is 6.08 Å². The zero-order valence-corrected chi connectivity index (χ0v) is 10.4. The Labute approximate surface area is 96.9 Å². The number of aldehydes is 1. The molecule has 0 aromatic rings. The molecule has 1 unspecified atom stereocenters. The van der Waals surface area contributed by atoms with Crippen LogP contribution in [0.3, 0.4) is 0 Å². The average Bonchev–Trinajstić information content (AvgIpc) is 2.28. The lowest BCUT2D eigenvalue weighted by Crippen LogP contribution is -2.03. The van der Waals surface area contributed by atoms with Crippen LogP contribution < -0.4 is 0 Å². The molecule has 0 aromatic carbocycles. The molecule has 0 amide bonds. The van der Waals surface area contributed by atoms with Crippen LogP contribution in [0.15, 0.2) is 23.5 Å². The van der Waals surface area contributed by atoms with E-state index in [1.54, 1.807) is 27.4 Å². The van der Waals surface area contributed by atoms with Crippen molar-refractivity contribution in [1.82, 2.24) is 0 Å². The normalized spacial score (nSPS) is 14.8. The van der Waals surface area contributed by atoms with E-state index in [2.05, 4.69) is 0 Å². The van der Waals surface area contributed by atoms with Gasteiger partial charge in [0, 0.05) is 20.6 Å². The second kappa shape index (κ2) is 9.12. The Morgan fingerprint density at radius 1 is 1.31 bits per heavy atom. The van der Waals surface area contributed by atoms with E-state index >= 15 is 0 Å². The molecule has 0 aliphatic carbocycles. The lowest BCUT2D eigenvalue weighted by Gasteiger charge is -2.08. The number of hydrogen-bond donors (Lipinski definition) is 0. The standard InChI is InChI=1S/C12H20O4/c1-10(15-3)7-11(5-6-13)8-12(16-4)9-14-2/h6-8,10H,5,9H2,1-4H3/b11-7-,12-8+. The highest BCUT2D eigenvalue weighted by Crippen LogP contribution is 2.09. The Morgan fingerprint density at radius 3 is 2.44 bits per heavy atom. The summed E-state index contributed by atoms with van der Waals surface area (Å²) in [6, 6.07) is 0. The van der Waals surface area contributed by atoms with E-state index in [9.17, 15) is 4.79 Å². The molecule has 4 nitrogen and oxygen atoms in total. The summed E-state index contributed by atoms with van der Waals surface area (Å²) in [7, 11) is 4.78. The molecule has 0 spiro atoms. The van der Waals surface area contributed by atoms with Crippen molar-refractivity contribution in [2.45, 2.75) is 19.4 Å². The first-order chi connectivity index (χ1) is 7.67. The van der Waals surface area contributed by atoms with Gasteiger partial charge in [-0.2, -0.15) is 0 Å². The molecule has 16 heavy (non-hydrogen) atoms. The maximum Gasteiger partial charge on any atom is 0.124 e. The number of ether oxygens (including phenoxy) is 3. The molecular weight excluding hydrogens is 208 g/mol. The molecule has 0 saturated heterocycles. The van der Waals surface area contributed by atoms with Gasteiger partial charge in [-0.15, -0.1) is 0 Å². The Kier molecular flexibility index (Phi) is 8.48. The molecule has 0 bridgehead atoms. The third kappa shape index (κ3) is 6.37. The van der Waals surface area contributed by atoms with Crippen LogP contribution in [0.4, 0.5) is 0 Å². The minimum atomic E-state index is -0.0353. The van der Waals surface area contributed by atoms with Gasteiger partial charge in [0.2, 0.25) is 0 Å². The zero-order valence-electron chi connectivity index (χ0n) is 10.4. The third-order valence-corrected chi connectivity index (χ3v) is 2.03. The molecule has 4 heteroatoms. The predicted octanol–water partition coefficient (Wildman–Crippen LogP) is 1.71. The molecular formula is C12H20O4. The Morgan fingerprint density at radius 2 is 2.00 bits per heavy atom. The SMILES string of the molecule is COC/C(=C\C(=C/C(C)OC)CC=O)OC. The number of allylic oxidation sites excluding steroid dienone is 2. The monoisotopic (exact) mass is 228 g/mol. The lowest BCUT2D eigenvalue weighted by molar-refractivity contribution is -0.107. The van der Waals surface area contributed by atoms with Gasteiger partial charge >= 0.3 is 0 Å². The fraction of sp³-hybridized carbons (Fsp3) is 0.583. The van der Waals surface area contributed by atoms with E-state index in [-0.39, 0.29) is 6.10 Å². The van der Waals surface area contributed by atoms with Crippen molar-refractivity contribution in [1.29, 1.82) is 0 Å². The average molecular weight is 228 g/mol. The van der Waals surface area contributed by atoms with Crippen LogP contribution in [0.25, 0.3) is 0 Å². The minimum Gasteiger partial charge on any atom is -0.499 e. The summed E-state index contributed by atoms with van der Waals surface area (Å²) in [5, 5.41) is 0. The summed E-state index contributed by atoms with van der Waals surface area (Å²) in [6.45, 7) is 2.29. The highest BCUT2D eigenvalue weighted by molar-refractivity contribution is 5.56. The van der Waals surface area contributed by atoms with Crippen LogP contribution in [0.1, 0.15) is 13.3 Å². The first-order valence-electron chi connectivity index (χ1n) is 5.08. The number of rotatable bonds is 8. The van der Waals surface area contributed by atoms with E-state index < -0.39 is 0 Å². The van der Waals surface area contributed by atoms with E-state index in [1.165, 1.54) is 0 Å². The van der Waals surface area contributed by atoms with Crippen molar-refractivity contribution >= 4 is 6.29 Å². The summed E-state index contributed by atoms with van der Waals surface area (Å²) in [5.74, 6) is 0.680. The van der Waals surface area contributed by atoms with Crippen molar-refractivity contribution in [3.05, 3.63) is 23.5 Å². The molecule has 0 fully saturated rings. The van der Waals surface area contributed by atoms with E-state index in [4.69, 9.17) is 14.2 Å². The summed E-state index contributed by atoms with van der Waals surface area (Å²) in [5.41, 5.74) is 0.859. The van der Waals surface area contributed by atoms with Gasteiger partial charge in [0.1, 0.15) is 18.7 Å². The fourth-order valence-corrected chi connectivity index (χ4v) is 1.15. The Hall–Kier alpha value is -1.13. The molecule has 92 valence electrons. The largest absolute Gasteiger partial charge is 0.499 e. The fourth-order valence-electron chi connectivity index (χ4n) is 1.15. The molecule has 0 aliphatic rings. The maximum atomic E-state index is 10.5. The second-order valence-electron chi connectivity index (χ2n) is 3.30. The van der Waals surface area contributed by atoms with Crippen LogP contribution in [-0.4, -0.2) is 40.3 Å². The summed E-state index contributed by atoms with van der Waals surface area (Å²) >= 11 is 0. The van der Waals surface area contributed by atoms with Crippen molar-refractivity contribution in [3.63, 3.8) is 0 Å². The summed E-state index contributed by atoms with van der Waals surface area (Å²) in [4.78, 5) is 10.5. The zero-order chi connectivity index (χ0) is 12.4. The van der Waals surface area contributed by atoms with Gasteiger partial charge in [-0.3, -0.25) is 0 Å². The number of methoxy groups -OCH3 is 3. The highest BCUT2D eigenvalue weighted by atomic mass is 16.5. The van der Waals surface area contributed by atoms with E-state index in [1.807, 2.05) is 13.0 Å². The smallest absolute Gasteiger partial charge is 0.124 e. The van der Waals surface area contributed by atoms with Gasteiger partial charge in [-0.05, 0) is 18.6 Å². The Balaban J connectivity index is 4.75. The molecule has 1 atom stereocenters. The van der Waals surface area contributed by atoms with E-state index in [0.717, 1.165) is 11.9 Å². The molecule has 0 radical (unpaired) electrons. The van der Waals surface area contributed by atoms with Crippen LogP contribution in [0.2, 0.25) is 0 Å². The Bertz CT molecular complexity index is 256. The second-order valence-corrected chi connectivity index (χ2v) is 3.30. The van der Waals surface area contributed by atoms with Crippen LogP contribution in [0, 0.1) is 0 Å². The van der Waals surface area contributed by atoms with Crippen molar-refractivity contribution < 1.29 is 19.0 Å². The molecule has 0 aromatic heterocycles. The first-order valence-corrected chi connectivity index (χ1v) is 5.08. The quantitative estimate of drug-likeness (QED) is 0.360. The third-order valence-electron chi connectivity index (χ3n) is 2.03. The van der Waals surface area contributed by atoms with Gasteiger partial charge in [0.05, 0.1) is 13.2 Å². The van der Waals surface area contributed by atoms with Crippen LogP contribution in [0.5, 0.6) is 0 Å². The van der Waals surface area contributed by atoms with E-state index in [0.29, 0.717) is 18.8 Å². The number of carbonyl (C=O) groups is 1. The van der Waals surface area contributed by atoms with Gasteiger partial charge in [0.15, 0.2) is 0 Å². The predicted molar refractivity (Wildman–Crippen MR) is 62.2 cm³/mol. The topological polar surface area (TPSA) is 44.8 Å². The molecule has 0 saturated carbocycles. The van der Waals surface area contributed by atoms with Gasteiger partial charge in [-0.25, -0.2) is 0 Å². The number of hydrogen-bond acceptors (Lipinski definition) is 4. The first kappa shape index (κ1) is 14.9. The lowest BCUT2D eigenvalue weighted by atomic mass is 10.1. The maximum absolute atomic E-state index is 10.5. The highest BCUT2D eigenvalue weighted by Gasteiger charge is 2.02. The number of carbonyl (C=O) groups excluding carboxylic acids is 1. The van der Waals surface area contributed by atoms with Crippen molar-refractivity contribution in [2.75, 3.05) is 27.9 Å². The van der Waals surface area contributed by atoms with Gasteiger partial charge in [0.25, 0.3) is 0 Å². The van der Waals surface area contributed by atoms with Crippen LogP contribution in [-0.2, 0) is 19.0 Å². The molecule has 0 rings (SSSR count). The molecule has 0 heterocycles.